The van der Waals surface area contributed by atoms with Gasteiger partial charge in [0.1, 0.15) is 12.3 Å². The van der Waals surface area contributed by atoms with E-state index in [1.54, 1.807) is 48.7 Å². The molecule has 0 aliphatic heterocycles. The fourth-order valence-corrected chi connectivity index (χ4v) is 4.93. The van der Waals surface area contributed by atoms with Crippen molar-refractivity contribution >= 4 is 38.6 Å². The van der Waals surface area contributed by atoms with Crippen molar-refractivity contribution in [2.45, 2.75) is 4.90 Å². The van der Waals surface area contributed by atoms with Crippen molar-refractivity contribution in [3.63, 3.8) is 0 Å². The molecule has 0 aliphatic rings. The highest BCUT2D eigenvalue weighted by Crippen LogP contribution is 2.25. The van der Waals surface area contributed by atoms with E-state index < -0.39 is 22.5 Å². The fourth-order valence-electron chi connectivity index (χ4n) is 3.49. The zero-order valence-corrected chi connectivity index (χ0v) is 19.3. The van der Waals surface area contributed by atoms with E-state index in [1.165, 1.54) is 19.2 Å². The van der Waals surface area contributed by atoms with E-state index in [2.05, 4.69) is 10.5 Å². The maximum absolute atomic E-state index is 13.3. The molecule has 4 aromatic rings. The van der Waals surface area contributed by atoms with Gasteiger partial charge in [0.25, 0.3) is 15.9 Å². The molecular formula is C26H23N3O4S. The molecule has 0 heterocycles. The molecule has 34 heavy (non-hydrogen) atoms. The van der Waals surface area contributed by atoms with Gasteiger partial charge in [0.05, 0.1) is 23.9 Å². The van der Waals surface area contributed by atoms with Crippen molar-refractivity contribution in [3.8, 4) is 5.75 Å². The number of ether oxygens (including phenoxy) is 1. The largest absolute Gasteiger partial charge is 0.497 e. The minimum atomic E-state index is -3.99. The molecule has 1 amide bonds. The fraction of sp³-hybridized carbons (Fsp3) is 0.0769. The summed E-state index contributed by atoms with van der Waals surface area (Å²) in [5.74, 6) is -0.00300. The van der Waals surface area contributed by atoms with Crippen LogP contribution in [0.25, 0.3) is 10.8 Å². The summed E-state index contributed by atoms with van der Waals surface area (Å²) < 4.78 is 32.9. The van der Waals surface area contributed by atoms with Gasteiger partial charge in [-0.15, -0.1) is 0 Å². The Bertz CT molecular complexity index is 1410. The number of amides is 1. The number of carbonyl (C=O) groups is 1. The van der Waals surface area contributed by atoms with Gasteiger partial charge < -0.3 is 4.74 Å². The second-order valence-electron chi connectivity index (χ2n) is 7.38. The number of benzene rings is 4. The third-order valence-electron chi connectivity index (χ3n) is 5.20. The molecule has 0 saturated heterocycles. The number of sulfonamides is 1. The summed E-state index contributed by atoms with van der Waals surface area (Å²) in [6.07, 6.45) is 1.55. The van der Waals surface area contributed by atoms with Gasteiger partial charge in [-0.05, 0) is 47.2 Å². The van der Waals surface area contributed by atoms with Crippen molar-refractivity contribution < 1.29 is 17.9 Å². The number of carbonyl (C=O) groups excluding carboxylic acids is 1. The maximum atomic E-state index is 13.3. The molecule has 0 aromatic heterocycles. The van der Waals surface area contributed by atoms with Crippen LogP contribution in [-0.4, -0.2) is 34.2 Å². The molecule has 0 atom stereocenters. The van der Waals surface area contributed by atoms with Crippen molar-refractivity contribution in [3.05, 3.63) is 103 Å². The number of hydrogen-bond acceptors (Lipinski definition) is 5. The first kappa shape index (κ1) is 23.0. The van der Waals surface area contributed by atoms with Crippen LogP contribution in [0.2, 0.25) is 0 Å². The average Bonchev–Trinajstić information content (AvgIpc) is 2.88. The quantitative estimate of drug-likeness (QED) is 0.307. The Morgan fingerprint density at radius 3 is 2.32 bits per heavy atom. The van der Waals surface area contributed by atoms with Crippen molar-refractivity contribution in [1.29, 1.82) is 0 Å². The van der Waals surface area contributed by atoms with E-state index in [0.29, 0.717) is 11.4 Å². The molecule has 0 unspecified atom stereocenters. The number of methoxy groups -OCH3 is 1. The first-order chi connectivity index (χ1) is 16.5. The summed E-state index contributed by atoms with van der Waals surface area (Å²) in [5, 5.41) is 6.10. The lowest BCUT2D eigenvalue weighted by molar-refractivity contribution is -0.119. The number of nitrogens with one attached hydrogen (secondary N) is 1. The van der Waals surface area contributed by atoms with Gasteiger partial charge in [-0.3, -0.25) is 9.10 Å². The van der Waals surface area contributed by atoms with Crippen LogP contribution in [0, 0.1) is 0 Å². The molecule has 0 aliphatic carbocycles. The van der Waals surface area contributed by atoms with Crippen LogP contribution >= 0.6 is 0 Å². The standard InChI is InChI=1S/C26H23N3O4S/c1-33-23-16-14-22(15-17-23)29(34(31,32)24-11-3-2-4-12-24)19-26(30)28-27-18-21-10-7-9-20-8-5-6-13-25(20)21/h2-18H,19H2,1H3,(H,28,30)/b27-18-. The van der Waals surface area contributed by atoms with Crippen LogP contribution in [0.15, 0.2) is 107 Å². The SMILES string of the molecule is COc1ccc(N(CC(=O)N/N=C\c2cccc3ccccc23)S(=O)(=O)c2ccccc2)cc1. The van der Waals surface area contributed by atoms with E-state index in [1.807, 2.05) is 42.5 Å². The van der Waals surface area contributed by atoms with Gasteiger partial charge in [-0.1, -0.05) is 60.7 Å². The lowest BCUT2D eigenvalue weighted by Crippen LogP contribution is -2.39. The van der Waals surface area contributed by atoms with Crippen LogP contribution in [0.4, 0.5) is 5.69 Å². The van der Waals surface area contributed by atoms with Crippen molar-refractivity contribution in [1.82, 2.24) is 5.43 Å². The summed E-state index contributed by atoms with van der Waals surface area (Å²) in [4.78, 5) is 12.8. The van der Waals surface area contributed by atoms with Gasteiger partial charge in [-0.2, -0.15) is 5.10 Å². The van der Waals surface area contributed by atoms with Crippen molar-refractivity contribution in [2.24, 2.45) is 5.10 Å². The first-order valence-electron chi connectivity index (χ1n) is 10.5. The number of rotatable bonds is 8. The molecule has 4 aromatic carbocycles. The van der Waals surface area contributed by atoms with E-state index in [9.17, 15) is 13.2 Å². The molecule has 0 saturated carbocycles. The Morgan fingerprint density at radius 1 is 0.912 bits per heavy atom. The lowest BCUT2D eigenvalue weighted by Gasteiger charge is -2.23. The van der Waals surface area contributed by atoms with Gasteiger partial charge in [0, 0.05) is 5.56 Å². The summed E-state index contributed by atoms with van der Waals surface area (Å²) in [6.45, 7) is -0.448. The number of hydrogen-bond donors (Lipinski definition) is 1. The average molecular weight is 474 g/mol. The third-order valence-corrected chi connectivity index (χ3v) is 6.98. The Morgan fingerprint density at radius 2 is 1.59 bits per heavy atom. The predicted octanol–water partition coefficient (Wildman–Crippen LogP) is 4.19. The Kier molecular flexibility index (Phi) is 6.89. The van der Waals surface area contributed by atoms with Crippen LogP contribution < -0.4 is 14.5 Å². The summed E-state index contributed by atoms with van der Waals surface area (Å²) in [7, 11) is -2.47. The minimum absolute atomic E-state index is 0.0814. The topological polar surface area (TPSA) is 88.1 Å². The van der Waals surface area contributed by atoms with E-state index in [-0.39, 0.29) is 4.90 Å². The molecule has 8 heteroatoms. The number of nitrogens with zero attached hydrogens (tertiary/aromatic N) is 2. The number of anilines is 1. The predicted molar refractivity (Wildman–Crippen MR) is 134 cm³/mol. The van der Waals surface area contributed by atoms with Gasteiger partial charge in [-0.25, -0.2) is 13.8 Å². The third kappa shape index (κ3) is 5.07. The van der Waals surface area contributed by atoms with E-state index in [0.717, 1.165) is 20.6 Å². The second-order valence-corrected chi connectivity index (χ2v) is 9.25. The highest BCUT2D eigenvalue weighted by Gasteiger charge is 2.27. The van der Waals surface area contributed by atoms with Gasteiger partial charge >= 0.3 is 0 Å². The molecule has 0 spiro atoms. The zero-order chi connectivity index (χ0) is 24.0. The van der Waals surface area contributed by atoms with E-state index >= 15 is 0 Å². The number of fused-ring (bicyclic) bond motifs is 1. The second kappa shape index (κ2) is 10.2. The van der Waals surface area contributed by atoms with Gasteiger partial charge in [0.2, 0.25) is 0 Å². The highest BCUT2D eigenvalue weighted by molar-refractivity contribution is 7.92. The zero-order valence-electron chi connectivity index (χ0n) is 18.5. The highest BCUT2D eigenvalue weighted by atomic mass is 32.2. The molecule has 0 fully saturated rings. The molecule has 172 valence electrons. The maximum Gasteiger partial charge on any atom is 0.264 e. The Labute approximate surface area is 198 Å². The molecule has 0 radical (unpaired) electrons. The molecular weight excluding hydrogens is 450 g/mol. The molecule has 0 bridgehead atoms. The van der Waals surface area contributed by atoms with Crippen LogP contribution in [0.3, 0.4) is 0 Å². The van der Waals surface area contributed by atoms with Crippen LogP contribution in [-0.2, 0) is 14.8 Å². The normalized spacial score (nSPS) is 11.4. The van der Waals surface area contributed by atoms with Crippen molar-refractivity contribution in [2.75, 3.05) is 18.0 Å². The minimum Gasteiger partial charge on any atom is -0.497 e. The monoisotopic (exact) mass is 473 g/mol. The Hall–Kier alpha value is -4.17. The van der Waals surface area contributed by atoms with E-state index in [4.69, 9.17) is 4.74 Å². The summed E-state index contributed by atoms with van der Waals surface area (Å²) >= 11 is 0. The number of hydrazone groups is 1. The molecule has 7 nitrogen and oxygen atoms in total. The lowest BCUT2D eigenvalue weighted by atomic mass is 10.1. The Balaban J connectivity index is 1.57. The summed E-state index contributed by atoms with van der Waals surface area (Å²) in [5.41, 5.74) is 3.61. The summed E-state index contributed by atoms with van der Waals surface area (Å²) in [6, 6.07) is 28.1. The van der Waals surface area contributed by atoms with Crippen LogP contribution in [0.5, 0.6) is 5.75 Å². The smallest absolute Gasteiger partial charge is 0.264 e. The first-order valence-corrected chi connectivity index (χ1v) is 11.9. The van der Waals surface area contributed by atoms with Gasteiger partial charge in [0.15, 0.2) is 0 Å². The molecule has 1 N–H and O–H groups in total. The van der Waals surface area contributed by atoms with Crippen LogP contribution in [0.1, 0.15) is 5.56 Å². The molecule has 4 rings (SSSR count).